The fourth-order valence-electron chi connectivity index (χ4n) is 6.53. The van der Waals surface area contributed by atoms with Gasteiger partial charge < -0.3 is 14.9 Å². The molecule has 1 aliphatic heterocycles. The molecule has 2 heterocycles. The first-order valence-electron chi connectivity index (χ1n) is 13.1. The lowest BCUT2D eigenvalue weighted by molar-refractivity contribution is -0.0598. The average molecular weight is 464 g/mol. The topological polar surface area (TPSA) is 62.6 Å². The number of hydrogen-bond acceptors (Lipinski definition) is 4. The Morgan fingerprint density at radius 1 is 1.00 bits per heavy atom. The Morgan fingerprint density at radius 2 is 1.62 bits per heavy atom. The summed E-state index contributed by atoms with van der Waals surface area (Å²) in [6.07, 6.45) is 3.14. The van der Waals surface area contributed by atoms with E-state index in [4.69, 9.17) is 9.72 Å². The van der Waals surface area contributed by atoms with Gasteiger partial charge in [-0.1, -0.05) is 85.6 Å². The number of ether oxygens (including phenoxy) is 1. The molecule has 3 aliphatic rings. The number of aliphatic hydroxyl groups excluding tert-OH is 2. The second-order valence-electron chi connectivity index (χ2n) is 12.9. The largest absolute Gasteiger partial charge is 0.388 e. The summed E-state index contributed by atoms with van der Waals surface area (Å²) in [5.41, 5.74) is 6.53. The molecule has 1 fully saturated rings. The highest BCUT2D eigenvalue weighted by Crippen LogP contribution is 2.60. The van der Waals surface area contributed by atoms with Gasteiger partial charge in [0.2, 0.25) is 0 Å². The lowest BCUT2D eigenvalue weighted by atomic mass is 9.69. The third-order valence-corrected chi connectivity index (χ3v) is 8.48. The number of aliphatic hydroxyl groups is 2. The highest BCUT2D eigenvalue weighted by Gasteiger charge is 2.54. The molecular weight excluding hydrogens is 422 g/mol. The summed E-state index contributed by atoms with van der Waals surface area (Å²) in [5, 5.41) is 22.8. The number of hydrogen-bond donors (Lipinski definition) is 2. The molecule has 4 heteroatoms. The fourth-order valence-corrected chi connectivity index (χ4v) is 6.53. The molecule has 2 N–H and O–H groups in total. The lowest BCUT2D eigenvalue weighted by Gasteiger charge is -2.41. The number of nitrogens with zero attached hydrogens (tertiary/aromatic N) is 1. The molecule has 0 bridgehead atoms. The normalized spacial score (nSPS) is 27.3. The SMILES string of the molecule is CC(C)c1nc2c(c3c1[C@@H](c1ccc(C(C)(C)C)cc1)OC31CCCC1)C(O)CC(C)(C)[C@@H]2O. The van der Waals surface area contributed by atoms with Crippen molar-refractivity contribution in [2.75, 3.05) is 0 Å². The minimum atomic E-state index is -0.697. The maximum Gasteiger partial charge on any atom is 0.111 e. The molecule has 5 rings (SSSR count). The smallest absolute Gasteiger partial charge is 0.111 e. The fraction of sp³-hybridized carbons (Fsp3) is 0.633. The Bertz CT molecular complexity index is 1090. The van der Waals surface area contributed by atoms with Crippen molar-refractivity contribution < 1.29 is 14.9 Å². The summed E-state index contributed by atoms with van der Waals surface area (Å²) in [6, 6.07) is 8.86. The van der Waals surface area contributed by atoms with E-state index < -0.39 is 23.2 Å². The van der Waals surface area contributed by atoms with Crippen molar-refractivity contribution in [3.8, 4) is 0 Å². The Labute approximate surface area is 204 Å². The molecule has 34 heavy (non-hydrogen) atoms. The van der Waals surface area contributed by atoms with Crippen LogP contribution < -0.4 is 0 Å². The number of benzene rings is 1. The van der Waals surface area contributed by atoms with Crippen molar-refractivity contribution in [1.82, 2.24) is 4.98 Å². The van der Waals surface area contributed by atoms with Crippen LogP contribution in [0.3, 0.4) is 0 Å². The number of fused-ring (bicyclic) bond motifs is 4. The predicted octanol–water partition coefficient (Wildman–Crippen LogP) is 6.89. The van der Waals surface area contributed by atoms with Crippen LogP contribution >= 0.6 is 0 Å². The van der Waals surface area contributed by atoms with Gasteiger partial charge in [-0.2, -0.15) is 0 Å². The molecule has 184 valence electrons. The Balaban J connectivity index is 1.76. The van der Waals surface area contributed by atoms with Gasteiger partial charge in [-0.15, -0.1) is 0 Å². The summed E-state index contributed by atoms with van der Waals surface area (Å²) in [5.74, 6) is 0.185. The van der Waals surface area contributed by atoms with Gasteiger partial charge in [0.15, 0.2) is 0 Å². The summed E-state index contributed by atoms with van der Waals surface area (Å²) in [7, 11) is 0. The monoisotopic (exact) mass is 463 g/mol. The zero-order valence-electron chi connectivity index (χ0n) is 21.9. The van der Waals surface area contributed by atoms with Crippen LogP contribution in [0.2, 0.25) is 0 Å². The van der Waals surface area contributed by atoms with Gasteiger partial charge >= 0.3 is 0 Å². The maximum atomic E-state index is 11.4. The van der Waals surface area contributed by atoms with Crippen LogP contribution in [0.25, 0.3) is 0 Å². The highest BCUT2D eigenvalue weighted by molar-refractivity contribution is 5.55. The van der Waals surface area contributed by atoms with Gasteiger partial charge in [0, 0.05) is 16.8 Å². The number of rotatable bonds is 2. The van der Waals surface area contributed by atoms with E-state index in [0.717, 1.165) is 53.6 Å². The zero-order valence-corrected chi connectivity index (χ0v) is 21.9. The second-order valence-corrected chi connectivity index (χ2v) is 12.9. The van der Waals surface area contributed by atoms with Crippen LogP contribution in [0.5, 0.6) is 0 Å². The third kappa shape index (κ3) is 3.56. The molecule has 1 aromatic heterocycles. The van der Waals surface area contributed by atoms with Crippen molar-refractivity contribution in [1.29, 1.82) is 0 Å². The number of pyridine rings is 1. The van der Waals surface area contributed by atoms with E-state index in [1.807, 2.05) is 13.8 Å². The molecule has 2 aliphatic carbocycles. The Kier molecular flexibility index (Phi) is 5.55. The molecule has 1 unspecified atom stereocenters. The Hall–Kier alpha value is -1.75. The van der Waals surface area contributed by atoms with Crippen LogP contribution in [0.15, 0.2) is 24.3 Å². The van der Waals surface area contributed by atoms with E-state index >= 15 is 0 Å². The first-order chi connectivity index (χ1) is 15.9. The van der Waals surface area contributed by atoms with Crippen molar-refractivity contribution >= 4 is 0 Å². The van der Waals surface area contributed by atoms with E-state index in [1.165, 1.54) is 5.56 Å². The zero-order chi connectivity index (χ0) is 24.6. The number of aromatic nitrogens is 1. The van der Waals surface area contributed by atoms with E-state index in [0.29, 0.717) is 12.1 Å². The van der Waals surface area contributed by atoms with Crippen LogP contribution in [0, 0.1) is 5.41 Å². The van der Waals surface area contributed by atoms with Gasteiger partial charge in [0.25, 0.3) is 0 Å². The minimum Gasteiger partial charge on any atom is -0.388 e. The Morgan fingerprint density at radius 3 is 2.18 bits per heavy atom. The van der Waals surface area contributed by atoms with Gasteiger partial charge in [0.05, 0.1) is 17.4 Å². The molecule has 0 radical (unpaired) electrons. The molecule has 0 saturated heterocycles. The highest BCUT2D eigenvalue weighted by atomic mass is 16.5. The molecule has 2 aromatic rings. The minimum absolute atomic E-state index is 0.0937. The van der Waals surface area contributed by atoms with Crippen LogP contribution in [0.1, 0.15) is 144 Å². The van der Waals surface area contributed by atoms with Crippen molar-refractivity contribution in [2.24, 2.45) is 5.41 Å². The molecule has 4 nitrogen and oxygen atoms in total. The average Bonchev–Trinajstić information content (AvgIpc) is 3.36. The van der Waals surface area contributed by atoms with Crippen molar-refractivity contribution in [2.45, 2.75) is 116 Å². The van der Waals surface area contributed by atoms with Gasteiger partial charge in [0.1, 0.15) is 12.2 Å². The summed E-state index contributed by atoms with van der Waals surface area (Å²) in [4.78, 5) is 5.11. The second kappa shape index (κ2) is 7.88. The molecule has 3 atom stereocenters. The van der Waals surface area contributed by atoms with Gasteiger partial charge in [-0.05, 0) is 52.7 Å². The molecule has 1 spiro atoms. The molecular formula is C30H41NO3. The van der Waals surface area contributed by atoms with Crippen molar-refractivity contribution in [3.05, 3.63) is 63.5 Å². The van der Waals surface area contributed by atoms with Gasteiger partial charge in [-0.3, -0.25) is 4.98 Å². The summed E-state index contributed by atoms with van der Waals surface area (Å²) in [6.45, 7) is 15.1. The van der Waals surface area contributed by atoms with Crippen LogP contribution in [-0.2, 0) is 15.8 Å². The quantitative estimate of drug-likeness (QED) is 0.509. The molecule has 0 amide bonds. The van der Waals surface area contributed by atoms with Gasteiger partial charge in [-0.25, -0.2) is 0 Å². The predicted molar refractivity (Wildman–Crippen MR) is 135 cm³/mol. The first-order valence-corrected chi connectivity index (χ1v) is 13.1. The lowest BCUT2D eigenvalue weighted by Crippen LogP contribution is -2.35. The van der Waals surface area contributed by atoms with E-state index in [9.17, 15) is 10.2 Å². The maximum absolute atomic E-state index is 11.4. The first kappa shape index (κ1) is 24.0. The third-order valence-electron chi connectivity index (χ3n) is 8.48. The molecule has 1 saturated carbocycles. The van der Waals surface area contributed by atoms with Crippen molar-refractivity contribution in [3.63, 3.8) is 0 Å². The van der Waals surface area contributed by atoms with E-state index in [-0.39, 0.29) is 17.4 Å². The summed E-state index contributed by atoms with van der Waals surface area (Å²) >= 11 is 0. The molecule has 1 aromatic carbocycles. The van der Waals surface area contributed by atoms with E-state index in [2.05, 4.69) is 58.9 Å². The van der Waals surface area contributed by atoms with Crippen LogP contribution in [-0.4, -0.2) is 15.2 Å². The summed E-state index contributed by atoms with van der Waals surface area (Å²) < 4.78 is 7.05. The van der Waals surface area contributed by atoms with E-state index in [1.54, 1.807) is 0 Å². The van der Waals surface area contributed by atoms with Crippen LogP contribution in [0.4, 0.5) is 0 Å². The standard InChI is InChI=1S/C30H41NO3/c1-17(2)24-22-23(21-20(32)16-29(6,7)27(33)25(21)31-24)30(14-8-9-15-30)34-26(22)18-10-12-19(13-11-18)28(3,4)5/h10-13,17,20,26-27,32-33H,8-9,14-16H2,1-7H3/t20?,26-,27-/m1/s1.